The summed E-state index contributed by atoms with van der Waals surface area (Å²) in [7, 11) is 1.56. The molecule has 0 aliphatic rings. The predicted molar refractivity (Wildman–Crippen MR) is 120 cm³/mol. The summed E-state index contributed by atoms with van der Waals surface area (Å²) in [6, 6.07) is 10.4. The number of aromatic nitrogens is 2. The number of carbonyl (C=O) groups is 2. The SMILES string of the molecule is CCN(CC)C(=O)Cn1ccc2cc(NC(=O)c3ccc(=O)n(CCOC)c3)ccc21. The third kappa shape index (κ3) is 5.21. The lowest BCUT2D eigenvalue weighted by Gasteiger charge is -2.19. The van der Waals surface area contributed by atoms with Gasteiger partial charge in [-0.2, -0.15) is 0 Å². The van der Waals surface area contributed by atoms with Crippen LogP contribution in [-0.4, -0.2) is 52.7 Å². The summed E-state index contributed by atoms with van der Waals surface area (Å²) >= 11 is 0. The molecule has 0 spiro atoms. The minimum absolute atomic E-state index is 0.0727. The van der Waals surface area contributed by atoms with Gasteiger partial charge in [-0.1, -0.05) is 0 Å². The van der Waals surface area contributed by atoms with E-state index in [4.69, 9.17) is 4.74 Å². The first-order valence-electron chi connectivity index (χ1n) is 10.3. The van der Waals surface area contributed by atoms with E-state index < -0.39 is 0 Å². The van der Waals surface area contributed by atoms with Gasteiger partial charge in [0.1, 0.15) is 6.54 Å². The molecule has 3 rings (SSSR count). The van der Waals surface area contributed by atoms with Crippen LogP contribution >= 0.6 is 0 Å². The smallest absolute Gasteiger partial charge is 0.257 e. The van der Waals surface area contributed by atoms with E-state index >= 15 is 0 Å². The van der Waals surface area contributed by atoms with Crippen LogP contribution in [0.2, 0.25) is 0 Å². The zero-order valence-electron chi connectivity index (χ0n) is 18.1. The van der Waals surface area contributed by atoms with Gasteiger partial charge in [-0.15, -0.1) is 0 Å². The Morgan fingerprint density at radius 1 is 1.06 bits per heavy atom. The third-order valence-electron chi connectivity index (χ3n) is 5.23. The van der Waals surface area contributed by atoms with Crippen molar-refractivity contribution in [1.82, 2.24) is 14.0 Å². The van der Waals surface area contributed by atoms with Crippen molar-refractivity contribution in [3.8, 4) is 0 Å². The quantitative estimate of drug-likeness (QED) is 0.572. The van der Waals surface area contributed by atoms with Gasteiger partial charge in [-0.25, -0.2) is 0 Å². The van der Waals surface area contributed by atoms with Gasteiger partial charge in [0.2, 0.25) is 5.91 Å². The number of nitrogens with one attached hydrogen (secondary N) is 1. The average Bonchev–Trinajstić information content (AvgIpc) is 3.15. The monoisotopic (exact) mass is 424 g/mol. The number of carbonyl (C=O) groups excluding carboxylic acids is 2. The number of hydrogen-bond acceptors (Lipinski definition) is 4. The van der Waals surface area contributed by atoms with Crippen LogP contribution in [0.5, 0.6) is 0 Å². The lowest BCUT2D eigenvalue weighted by molar-refractivity contribution is -0.131. The molecule has 0 bridgehead atoms. The number of rotatable bonds is 9. The molecule has 0 unspecified atom stereocenters. The molecule has 2 aromatic heterocycles. The summed E-state index contributed by atoms with van der Waals surface area (Å²) < 4.78 is 8.37. The van der Waals surface area contributed by atoms with Gasteiger partial charge in [-0.3, -0.25) is 14.4 Å². The predicted octanol–water partition coefficient (Wildman–Crippen LogP) is 2.57. The van der Waals surface area contributed by atoms with Crippen molar-refractivity contribution in [1.29, 1.82) is 0 Å². The lowest BCUT2D eigenvalue weighted by Crippen LogP contribution is -2.33. The van der Waals surface area contributed by atoms with Crippen molar-refractivity contribution >= 4 is 28.4 Å². The fraction of sp³-hybridized carbons (Fsp3) is 0.348. The number of pyridine rings is 1. The Morgan fingerprint density at radius 2 is 1.84 bits per heavy atom. The van der Waals surface area contributed by atoms with E-state index in [-0.39, 0.29) is 23.9 Å². The highest BCUT2D eigenvalue weighted by Gasteiger charge is 2.13. The van der Waals surface area contributed by atoms with E-state index in [0.29, 0.717) is 37.5 Å². The van der Waals surface area contributed by atoms with E-state index in [1.807, 2.05) is 42.8 Å². The van der Waals surface area contributed by atoms with Gasteiger partial charge >= 0.3 is 0 Å². The zero-order chi connectivity index (χ0) is 22.4. The molecule has 8 nitrogen and oxygen atoms in total. The minimum Gasteiger partial charge on any atom is -0.383 e. The Balaban J connectivity index is 1.75. The minimum atomic E-state index is -0.304. The zero-order valence-corrected chi connectivity index (χ0v) is 18.1. The Labute approximate surface area is 181 Å². The normalized spacial score (nSPS) is 10.9. The van der Waals surface area contributed by atoms with Crippen molar-refractivity contribution in [2.24, 2.45) is 0 Å². The summed E-state index contributed by atoms with van der Waals surface area (Å²) in [6.45, 7) is 6.34. The van der Waals surface area contributed by atoms with Gasteiger partial charge < -0.3 is 24.1 Å². The highest BCUT2D eigenvalue weighted by Crippen LogP contribution is 2.21. The summed E-state index contributed by atoms with van der Waals surface area (Å²) in [5.74, 6) is -0.231. The van der Waals surface area contributed by atoms with E-state index in [1.165, 1.54) is 22.9 Å². The molecule has 0 radical (unpaired) electrons. The molecule has 1 N–H and O–H groups in total. The van der Waals surface area contributed by atoms with Gasteiger partial charge in [0.05, 0.1) is 12.2 Å². The first-order chi connectivity index (χ1) is 15.0. The second-order valence-corrected chi connectivity index (χ2v) is 7.18. The molecule has 0 fully saturated rings. The van der Waals surface area contributed by atoms with Crippen LogP contribution in [0.3, 0.4) is 0 Å². The maximum atomic E-state index is 12.7. The molecule has 0 aliphatic heterocycles. The molecule has 2 heterocycles. The number of methoxy groups -OCH3 is 1. The van der Waals surface area contributed by atoms with Crippen LogP contribution in [0.1, 0.15) is 24.2 Å². The number of likely N-dealkylation sites (N-methyl/N-ethyl adjacent to an activating group) is 1. The van der Waals surface area contributed by atoms with Crippen molar-refractivity contribution in [2.45, 2.75) is 26.9 Å². The van der Waals surface area contributed by atoms with Crippen LogP contribution in [-0.2, 0) is 22.6 Å². The van der Waals surface area contributed by atoms with E-state index in [2.05, 4.69) is 5.32 Å². The van der Waals surface area contributed by atoms with Crippen LogP contribution in [0.25, 0.3) is 10.9 Å². The van der Waals surface area contributed by atoms with Gasteiger partial charge in [-0.05, 0) is 44.2 Å². The largest absolute Gasteiger partial charge is 0.383 e. The highest BCUT2D eigenvalue weighted by molar-refractivity contribution is 6.05. The van der Waals surface area contributed by atoms with E-state index in [9.17, 15) is 14.4 Å². The first-order valence-corrected chi connectivity index (χ1v) is 10.3. The van der Waals surface area contributed by atoms with Crippen molar-refractivity contribution in [3.05, 3.63) is 64.7 Å². The van der Waals surface area contributed by atoms with Crippen molar-refractivity contribution in [2.75, 3.05) is 32.1 Å². The first kappa shape index (κ1) is 22.3. The summed E-state index contributed by atoms with van der Waals surface area (Å²) in [5.41, 5.74) is 1.76. The number of anilines is 1. The molecule has 0 aliphatic carbocycles. The van der Waals surface area contributed by atoms with E-state index in [0.717, 1.165) is 10.9 Å². The number of hydrogen-bond donors (Lipinski definition) is 1. The molecule has 8 heteroatoms. The average molecular weight is 425 g/mol. The second kappa shape index (κ2) is 10.1. The van der Waals surface area contributed by atoms with Crippen molar-refractivity contribution < 1.29 is 14.3 Å². The highest BCUT2D eigenvalue weighted by atomic mass is 16.5. The van der Waals surface area contributed by atoms with Crippen LogP contribution < -0.4 is 10.9 Å². The lowest BCUT2D eigenvalue weighted by atomic mass is 10.2. The molecule has 0 saturated heterocycles. The molecule has 0 saturated carbocycles. The second-order valence-electron chi connectivity index (χ2n) is 7.18. The van der Waals surface area contributed by atoms with Crippen LogP contribution in [0, 0.1) is 0 Å². The molecule has 164 valence electrons. The number of benzene rings is 1. The molecule has 1 aromatic carbocycles. The van der Waals surface area contributed by atoms with Gasteiger partial charge in [0, 0.05) is 61.8 Å². The summed E-state index contributed by atoms with van der Waals surface area (Å²) in [5, 5.41) is 3.80. The standard InChI is InChI=1S/C23H28N4O4/c1-4-25(5-2)22(29)16-26-11-10-17-14-19(7-8-20(17)26)24-23(30)18-6-9-21(28)27(15-18)12-13-31-3/h6-11,14-15H,4-5,12-13,16H2,1-3H3,(H,24,30). The fourth-order valence-corrected chi connectivity index (χ4v) is 3.47. The Kier molecular flexibility index (Phi) is 7.25. The molecule has 31 heavy (non-hydrogen) atoms. The maximum absolute atomic E-state index is 12.7. The number of fused-ring (bicyclic) bond motifs is 1. The molecular weight excluding hydrogens is 396 g/mol. The summed E-state index contributed by atoms with van der Waals surface area (Å²) in [4.78, 5) is 38.8. The molecule has 0 atom stereocenters. The maximum Gasteiger partial charge on any atom is 0.257 e. The Hall–Kier alpha value is -3.39. The van der Waals surface area contributed by atoms with Crippen molar-refractivity contribution in [3.63, 3.8) is 0 Å². The Morgan fingerprint density at radius 3 is 2.55 bits per heavy atom. The summed E-state index contributed by atoms with van der Waals surface area (Å²) in [6.07, 6.45) is 3.41. The molecular formula is C23H28N4O4. The number of ether oxygens (including phenoxy) is 1. The fourth-order valence-electron chi connectivity index (χ4n) is 3.47. The topological polar surface area (TPSA) is 85.6 Å². The van der Waals surface area contributed by atoms with Gasteiger partial charge in [0.15, 0.2) is 0 Å². The number of amides is 2. The molecule has 2 amide bonds. The number of nitrogens with zero attached hydrogens (tertiary/aromatic N) is 3. The van der Waals surface area contributed by atoms with Crippen LogP contribution in [0.4, 0.5) is 5.69 Å². The Bertz CT molecular complexity index is 1130. The van der Waals surface area contributed by atoms with Crippen LogP contribution in [0.15, 0.2) is 53.6 Å². The molecule has 3 aromatic rings. The third-order valence-corrected chi connectivity index (χ3v) is 5.23. The van der Waals surface area contributed by atoms with Gasteiger partial charge in [0.25, 0.3) is 11.5 Å². The van der Waals surface area contributed by atoms with E-state index in [1.54, 1.807) is 18.1 Å².